The molecular formula is C28H33FN8O3. The predicted octanol–water partition coefficient (Wildman–Crippen LogP) is 4.69. The number of aromatic nitrogens is 5. The summed E-state index contributed by atoms with van der Waals surface area (Å²) in [5, 5.41) is 1.19. The van der Waals surface area contributed by atoms with Crippen LogP contribution < -0.4 is 20.3 Å². The molecule has 1 aliphatic heterocycles. The smallest absolute Gasteiger partial charge is 0.414 e. The Morgan fingerprint density at radius 3 is 2.62 bits per heavy atom. The third kappa shape index (κ3) is 4.45. The summed E-state index contributed by atoms with van der Waals surface area (Å²) in [5.41, 5.74) is 7.01. The fraction of sp³-hybridized carbons (Fsp3) is 0.464. The van der Waals surface area contributed by atoms with Gasteiger partial charge in [-0.15, -0.1) is 0 Å². The van der Waals surface area contributed by atoms with Crippen LogP contribution in [-0.2, 0) is 4.74 Å². The number of aromatic amines is 1. The Hall–Kier alpha value is -4.06. The van der Waals surface area contributed by atoms with Gasteiger partial charge in [-0.3, -0.25) is 4.90 Å². The largest absolute Gasteiger partial charge is 0.443 e. The number of ether oxygens (including phenoxy) is 2. The molecule has 2 fully saturated rings. The molecule has 4 heterocycles. The minimum Gasteiger partial charge on any atom is -0.443 e. The lowest BCUT2D eigenvalue weighted by Crippen LogP contribution is -2.53. The average Bonchev–Trinajstić information content (AvgIpc) is 3.37. The summed E-state index contributed by atoms with van der Waals surface area (Å²) in [6.07, 6.45) is 3.44. The molecule has 0 radical (unpaired) electrons. The van der Waals surface area contributed by atoms with E-state index in [2.05, 4.69) is 31.8 Å². The highest BCUT2D eigenvalue weighted by Gasteiger charge is 2.55. The van der Waals surface area contributed by atoms with Crippen molar-refractivity contribution in [3.63, 3.8) is 0 Å². The number of aryl methyl sites for hydroxylation is 1. The third-order valence-corrected chi connectivity index (χ3v) is 7.84. The zero-order valence-electron chi connectivity index (χ0n) is 23.4. The number of nitrogens with one attached hydrogen (secondary N) is 1. The summed E-state index contributed by atoms with van der Waals surface area (Å²) in [4.78, 5) is 37.5. The molecule has 210 valence electrons. The zero-order chi connectivity index (χ0) is 28.6. The highest BCUT2D eigenvalue weighted by molar-refractivity contribution is 6.16. The molecule has 1 amide bonds. The third-order valence-electron chi connectivity index (χ3n) is 7.84. The lowest BCUT2D eigenvalue weighted by Gasteiger charge is -2.46. The van der Waals surface area contributed by atoms with E-state index in [1.54, 1.807) is 47.1 Å². The number of hydrogen-bond acceptors (Lipinski definition) is 9. The summed E-state index contributed by atoms with van der Waals surface area (Å²) in [7, 11) is 1.55. The number of halogens is 1. The van der Waals surface area contributed by atoms with E-state index >= 15 is 4.39 Å². The summed E-state index contributed by atoms with van der Waals surface area (Å²) in [6, 6.07) is 2.95. The molecule has 3 N–H and O–H groups in total. The normalized spacial score (nSPS) is 22.4. The first-order valence-electron chi connectivity index (χ1n) is 13.3. The molecule has 0 spiro atoms. The van der Waals surface area contributed by atoms with Gasteiger partial charge < -0.3 is 25.1 Å². The van der Waals surface area contributed by atoms with Gasteiger partial charge in [0.25, 0.3) is 0 Å². The van der Waals surface area contributed by atoms with E-state index in [-0.39, 0.29) is 17.5 Å². The topological polar surface area (TPSA) is 135 Å². The fourth-order valence-corrected chi connectivity index (χ4v) is 5.94. The molecular weight excluding hydrogens is 515 g/mol. The minimum absolute atomic E-state index is 0.0714. The number of carbonyl (C=O) groups excluding carboxylic acids is 1. The molecule has 2 aliphatic rings. The van der Waals surface area contributed by atoms with Crippen molar-refractivity contribution < 1.29 is 18.7 Å². The average molecular weight is 549 g/mol. The number of benzene rings is 1. The molecule has 12 heteroatoms. The van der Waals surface area contributed by atoms with Crippen molar-refractivity contribution >= 4 is 39.5 Å². The summed E-state index contributed by atoms with van der Waals surface area (Å²) >= 11 is 0. The molecule has 3 unspecified atom stereocenters. The number of amides is 1. The van der Waals surface area contributed by atoms with Crippen molar-refractivity contribution in [1.29, 1.82) is 0 Å². The fourth-order valence-electron chi connectivity index (χ4n) is 5.94. The lowest BCUT2D eigenvalue weighted by molar-refractivity contribution is 0.0589. The SMILES string of the molecule is Cc1ncc(Oc2nc(N3CC4C(N)CC4(C)C3)c3c(n2)[nH]c2c(N(C)C(=O)OC(C)(C)C)cc(F)cc23)cn1. The van der Waals surface area contributed by atoms with Gasteiger partial charge in [0.15, 0.2) is 5.75 Å². The van der Waals surface area contributed by atoms with Crippen LogP contribution in [0.4, 0.5) is 20.7 Å². The molecule has 3 atom stereocenters. The Kier molecular flexibility index (Phi) is 5.88. The zero-order valence-corrected chi connectivity index (χ0v) is 23.4. The van der Waals surface area contributed by atoms with Gasteiger partial charge in [0.1, 0.15) is 28.7 Å². The van der Waals surface area contributed by atoms with Crippen LogP contribution in [0, 0.1) is 24.1 Å². The number of rotatable bonds is 4. The Morgan fingerprint density at radius 1 is 1.25 bits per heavy atom. The monoisotopic (exact) mass is 548 g/mol. The lowest BCUT2D eigenvalue weighted by atomic mass is 9.60. The number of hydrogen-bond donors (Lipinski definition) is 2. The second-order valence-corrected chi connectivity index (χ2v) is 12.1. The van der Waals surface area contributed by atoms with Crippen LogP contribution in [0.5, 0.6) is 11.8 Å². The summed E-state index contributed by atoms with van der Waals surface area (Å²) in [5.74, 6) is 1.43. The van der Waals surface area contributed by atoms with Crippen LogP contribution in [0.15, 0.2) is 24.5 Å². The molecule has 4 aromatic rings. The van der Waals surface area contributed by atoms with E-state index in [4.69, 9.17) is 20.2 Å². The molecule has 3 aromatic heterocycles. The highest BCUT2D eigenvalue weighted by Crippen LogP contribution is 2.52. The Morgan fingerprint density at radius 2 is 1.98 bits per heavy atom. The standard InChI is InChI=1S/C28H33FN8O3/c1-14-31-10-16(11-32-14)39-25-34-23-21(24(35-25)37-12-18-19(30)9-28(18,5)13-37)17-7-15(29)8-20(22(17)33-23)36(6)26(38)40-27(2,3)4/h7-8,10-11,18-19H,9,12-13,30H2,1-6H3,(H,33,34,35). The van der Waals surface area contributed by atoms with Crippen molar-refractivity contribution in [2.45, 2.75) is 52.7 Å². The van der Waals surface area contributed by atoms with E-state index in [1.165, 1.54) is 17.0 Å². The Labute approximate surface area is 230 Å². The molecule has 1 saturated heterocycles. The molecule has 1 saturated carbocycles. The first-order chi connectivity index (χ1) is 18.8. The maximum absolute atomic E-state index is 15.1. The molecule has 40 heavy (non-hydrogen) atoms. The van der Waals surface area contributed by atoms with Gasteiger partial charge in [0.2, 0.25) is 0 Å². The van der Waals surface area contributed by atoms with E-state index < -0.39 is 17.5 Å². The van der Waals surface area contributed by atoms with Gasteiger partial charge in [-0.25, -0.2) is 19.2 Å². The van der Waals surface area contributed by atoms with Gasteiger partial charge in [-0.2, -0.15) is 9.97 Å². The van der Waals surface area contributed by atoms with E-state index in [0.717, 1.165) is 13.0 Å². The van der Waals surface area contributed by atoms with Gasteiger partial charge in [0, 0.05) is 31.6 Å². The quantitative estimate of drug-likeness (QED) is 0.372. The van der Waals surface area contributed by atoms with Crippen LogP contribution >= 0.6 is 0 Å². The Balaban J connectivity index is 1.51. The first-order valence-corrected chi connectivity index (χ1v) is 13.3. The number of H-pyrrole nitrogens is 1. The van der Waals surface area contributed by atoms with Crippen molar-refractivity contribution in [3.8, 4) is 11.8 Å². The molecule has 1 aromatic carbocycles. The second-order valence-electron chi connectivity index (χ2n) is 12.1. The van der Waals surface area contributed by atoms with E-state index in [9.17, 15) is 4.79 Å². The van der Waals surface area contributed by atoms with Crippen molar-refractivity contribution in [2.24, 2.45) is 17.1 Å². The van der Waals surface area contributed by atoms with E-state index in [0.29, 0.717) is 57.5 Å². The maximum Gasteiger partial charge on any atom is 0.414 e. The highest BCUT2D eigenvalue weighted by atomic mass is 19.1. The van der Waals surface area contributed by atoms with Gasteiger partial charge in [-0.05, 0) is 57.6 Å². The predicted molar refractivity (Wildman–Crippen MR) is 149 cm³/mol. The van der Waals surface area contributed by atoms with Crippen LogP contribution in [0.1, 0.15) is 39.9 Å². The molecule has 0 bridgehead atoms. The van der Waals surface area contributed by atoms with Gasteiger partial charge >= 0.3 is 12.1 Å². The summed E-state index contributed by atoms with van der Waals surface area (Å²) in [6.45, 7) is 10.8. The van der Waals surface area contributed by atoms with Crippen molar-refractivity contribution in [3.05, 3.63) is 36.2 Å². The first kappa shape index (κ1) is 26.2. The van der Waals surface area contributed by atoms with Crippen LogP contribution in [0.2, 0.25) is 0 Å². The number of anilines is 2. The molecule has 6 rings (SSSR count). The van der Waals surface area contributed by atoms with Gasteiger partial charge in [-0.1, -0.05) is 6.92 Å². The van der Waals surface area contributed by atoms with Crippen LogP contribution in [-0.4, -0.2) is 62.8 Å². The maximum atomic E-state index is 15.1. The molecule has 1 aliphatic carbocycles. The number of nitrogens with two attached hydrogens (primary N) is 1. The second kappa shape index (κ2) is 8.98. The van der Waals surface area contributed by atoms with Gasteiger partial charge in [0.05, 0.1) is 29.0 Å². The Bertz CT molecular complexity index is 1630. The van der Waals surface area contributed by atoms with Crippen molar-refractivity contribution in [2.75, 3.05) is 29.9 Å². The van der Waals surface area contributed by atoms with E-state index in [1.807, 2.05) is 0 Å². The minimum atomic E-state index is -0.713. The molecule has 11 nitrogen and oxygen atoms in total. The number of fused-ring (bicyclic) bond motifs is 4. The number of nitrogens with zero attached hydrogens (tertiary/aromatic N) is 6. The van der Waals surface area contributed by atoms with Crippen molar-refractivity contribution in [1.82, 2.24) is 24.9 Å². The number of carbonyl (C=O) groups is 1. The van der Waals surface area contributed by atoms with Crippen LogP contribution in [0.3, 0.4) is 0 Å². The summed E-state index contributed by atoms with van der Waals surface area (Å²) < 4.78 is 26.6. The van der Waals surface area contributed by atoms with Crippen LogP contribution in [0.25, 0.3) is 21.9 Å².